The van der Waals surface area contributed by atoms with Gasteiger partial charge in [-0.1, -0.05) is 12.1 Å². The fraction of sp³-hybridized carbons (Fsp3) is 0.214. The van der Waals surface area contributed by atoms with E-state index in [1.807, 2.05) is 25.1 Å². The van der Waals surface area contributed by atoms with Crippen LogP contribution in [0.2, 0.25) is 0 Å². The van der Waals surface area contributed by atoms with E-state index in [0.717, 1.165) is 27.6 Å². The molecule has 2 aromatic heterocycles. The zero-order valence-corrected chi connectivity index (χ0v) is 13.9. The van der Waals surface area contributed by atoms with Crippen LogP contribution in [0.1, 0.15) is 5.69 Å². The van der Waals surface area contributed by atoms with Gasteiger partial charge in [0, 0.05) is 11.1 Å². The van der Waals surface area contributed by atoms with Crippen molar-refractivity contribution in [1.82, 2.24) is 20.0 Å². The Kier molecular flexibility index (Phi) is 3.97. The number of sulfonamides is 1. The lowest BCUT2D eigenvalue weighted by Gasteiger charge is -2.06. The Morgan fingerprint density at radius 3 is 2.92 bits per heavy atom. The highest BCUT2D eigenvalue weighted by Gasteiger charge is 2.11. The predicted octanol–water partition coefficient (Wildman–Crippen LogP) is 1.08. The Balaban J connectivity index is 1.71. The lowest BCUT2D eigenvalue weighted by molar-refractivity contribution is -0.117. The van der Waals surface area contributed by atoms with Crippen molar-refractivity contribution in [3.05, 3.63) is 36.2 Å². The minimum atomic E-state index is -3.43. The number of aromatic amines is 1. The van der Waals surface area contributed by atoms with Gasteiger partial charge in [-0.05, 0) is 19.1 Å². The Morgan fingerprint density at radius 1 is 1.38 bits per heavy atom. The molecule has 0 saturated heterocycles. The maximum Gasteiger partial charge on any atom is 0.248 e. The number of carbonyl (C=O) groups excluding carboxylic acids is 1. The zero-order valence-electron chi connectivity index (χ0n) is 13.1. The fourth-order valence-electron chi connectivity index (χ4n) is 2.33. The van der Waals surface area contributed by atoms with E-state index in [4.69, 9.17) is 0 Å². The lowest BCUT2D eigenvalue weighted by Crippen LogP contribution is -2.20. The number of nitrogens with zero attached hydrogens (tertiary/aromatic N) is 3. The molecule has 24 heavy (non-hydrogen) atoms. The molecule has 0 saturated carbocycles. The van der Waals surface area contributed by atoms with Gasteiger partial charge in [-0.25, -0.2) is 8.42 Å². The van der Waals surface area contributed by atoms with Gasteiger partial charge in [0.15, 0.2) is 5.82 Å². The molecule has 3 rings (SSSR count). The van der Waals surface area contributed by atoms with Crippen LogP contribution in [0.4, 0.5) is 11.5 Å². The molecule has 0 unspecified atom stereocenters. The number of para-hydroxylation sites is 1. The molecule has 3 N–H and O–H groups in total. The second kappa shape index (κ2) is 5.96. The second-order valence-corrected chi connectivity index (χ2v) is 7.15. The number of anilines is 2. The van der Waals surface area contributed by atoms with Crippen LogP contribution in [0.25, 0.3) is 10.9 Å². The molecular formula is C14H16N6O3S. The van der Waals surface area contributed by atoms with E-state index < -0.39 is 10.0 Å². The summed E-state index contributed by atoms with van der Waals surface area (Å²) < 4.78 is 24.5. The van der Waals surface area contributed by atoms with Crippen LogP contribution in [0, 0.1) is 6.92 Å². The SMILES string of the molecule is Cc1cc2cccc(NC(=O)Cn3ncc(NS(C)(=O)=O)n3)c2[nH]1. The molecule has 0 bridgehead atoms. The minimum absolute atomic E-state index is 0.0624. The van der Waals surface area contributed by atoms with E-state index in [2.05, 4.69) is 25.2 Å². The van der Waals surface area contributed by atoms with Gasteiger partial charge < -0.3 is 10.3 Å². The van der Waals surface area contributed by atoms with Crippen molar-refractivity contribution in [3.8, 4) is 0 Å². The van der Waals surface area contributed by atoms with Gasteiger partial charge in [0.1, 0.15) is 6.54 Å². The van der Waals surface area contributed by atoms with Gasteiger partial charge in [-0.2, -0.15) is 9.90 Å². The highest BCUT2D eigenvalue weighted by molar-refractivity contribution is 7.92. The molecule has 0 atom stereocenters. The van der Waals surface area contributed by atoms with E-state index in [9.17, 15) is 13.2 Å². The van der Waals surface area contributed by atoms with Crippen molar-refractivity contribution in [2.24, 2.45) is 0 Å². The number of amides is 1. The molecule has 0 aliphatic rings. The number of benzene rings is 1. The quantitative estimate of drug-likeness (QED) is 0.637. The van der Waals surface area contributed by atoms with Crippen LogP contribution in [-0.2, 0) is 21.4 Å². The van der Waals surface area contributed by atoms with Crippen LogP contribution >= 0.6 is 0 Å². The first-order valence-corrected chi connectivity index (χ1v) is 8.95. The minimum Gasteiger partial charge on any atom is -0.357 e. The van der Waals surface area contributed by atoms with Crippen LogP contribution < -0.4 is 10.0 Å². The Morgan fingerprint density at radius 2 is 2.17 bits per heavy atom. The van der Waals surface area contributed by atoms with Crippen LogP contribution in [0.15, 0.2) is 30.5 Å². The normalized spacial score (nSPS) is 11.6. The van der Waals surface area contributed by atoms with Gasteiger partial charge >= 0.3 is 0 Å². The van der Waals surface area contributed by atoms with E-state index in [0.29, 0.717) is 5.69 Å². The number of rotatable bonds is 5. The largest absolute Gasteiger partial charge is 0.357 e. The third-order valence-electron chi connectivity index (χ3n) is 3.18. The van der Waals surface area contributed by atoms with Crippen LogP contribution in [-0.4, -0.2) is 40.6 Å². The molecule has 1 aromatic carbocycles. The summed E-state index contributed by atoms with van der Waals surface area (Å²) in [5.41, 5.74) is 2.50. The maximum atomic E-state index is 12.2. The number of H-pyrrole nitrogens is 1. The monoisotopic (exact) mass is 348 g/mol. The predicted molar refractivity (Wildman–Crippen MR) is 90.2 cm³/mol. The number of carbonyl (C=O) groups is 1. The van der Waals surface area contributed by atoms with E-state index in [-0.39, 0.29) is 18.3 Å². The first kappa shape index (κ1) is 16.0. The van der Waals surface area contributed by atoms with Crippen LogP contribution in [0.5, 0.6) is 0 Å². The number of fused-ring (bicyclic) bond motifs is 1. The maximum absolute atomic E-state index is 12.2. The second-order valence-electron chi connectivity index (χ2n) is 5.40. The van der Waals surface area contributed by atoms with Gasteiger partial charge in [-0.15, -0.1) is 5.10 Å². The standard InChI is InChI=1S/C14H16N6O3S/c1-9-6-10-4-3-5-11(14(10)16-9)17-13(21)8-20-15-7-12(18-20)19-24(2,22)23/h3-7,16H,8H2,1-2H3,(H,17,21)(H,18,19). The van der Waals surface area contributed by atoms with Crippen molar-refractivity contribution in [1.29, 1.82) is 0 Å². The molecule has 0 aliphatic heterocycles. The summed E-state index contributed by atoms with van der Waals surface area (Å²) in [7, 11) is -3.43. The van der Waals surface area contributed by atoms with E-state index in [1.165, 1.54) is 6.20 Å². The third-order valence-corrected chi connectivity index (χ3v) is 3.76. The van der Waals surface area contributed by atoms with Crippen molar-refractivity contribution in [2.75, 3.05) is 16.3 Å². The number of hydrogen-bond acceptors (Lipinski definition) is 5. The lowest BCUT2D eigenvalue weighted by atomic mass is 10.2. The Hall–Kier alpha value is -2.88. The number of nitrogens with one attached hydrogen (secondary N) is 3. The topological polar surface area (TPSA) is 122 Å². The average molecular weight is 348 g/mol. The van der Waals surface area contributed by atoms with Gasteiger partial charge in [-0.3, -0.25) is 9.52 Å². The summed E-state index contributed by atoms with van der Waals surface area (Å²) in [5, 5.41) is 11.5. The smallest absolute Gasteiger partial charge is 0.248 e. The fourth-order valence-corrected chi connectivity index (χ4v) is 2.80. The Labute approximate surface area is 138 Å². The molecule has 2 heterocycles. The summed E-state index contributed by atoms with van der Waals surface area (Å²) in [4.78, 5) is 16.5. The van der Waals surface area contributed by atoms with Gasteiger partial charge in [0.05, 0.1) is 23.7 Å². The molecule has 126 valence electrons. The Bertz CT molecular complexity index is 1000. The zero-order chi connectivity index (χ0) is 17.3. The molecule has 0 fully saturated rings. The molecule has 0 spiro atoms. The van der Waals surface area contributed by atoms with E-state index in [1.54, 1.807) is 6.07 Å². The first-order valence-electron chi connectivity index (χ1n) is 7.06. The number of hydrogen-bond donors (Lipinski definition) is 3. The summed E-state index contributed by atoms with van der Waals surface area (Å²) >= 11 is 0. The summed E-state index contributed by atoms with van der Waals surface area (Å²) in [6, 6.07) is 7.59. The molecule has 9 nitrogen and oxygen atoms in total. The van der Waals surface area contributed by atoms with Gasteiger partial charge in [0.25, 0.3) is 0 Å². The highest BCUT2D eigenvalue weighted by Crippen LogP contribution is 2.23. The molecule has 3 aromatic rings. The summed E-state index contributed by atoms with van der Waals surface area (Å²) in [5.74, 6) is -0.261. The molecule has 0 aliphatic carbocycles. The molecule has 10 heteroatoms. The third kappa shape index (κ3) is 3.71. The highest BCUT2D eigenvalue weighted by atomic mass is 32.2. The average Bonchev–Trinajstić information content (AvgIpc) is 3.03. The number of aryl methyl sites for hydroxylation is 1. The summed E-state index contributed by atoms with van der Waals surface area (Å²) in [6.45, 7) is 1.80. The summed E-state index contributed by atoms with van der Waals surface area (Å²) in [6.07, 6.45) is 2.25. The van der Waals surface area contributed by atoms with Crippen molar-refractivity contribution in [2.45, 2.75) is 13.5 Å². The number of aromatic nitrogens is 4. The van der Waals surface area contributed by atoms with E-state index >= 15 is 0 Å². The molecule has 0 radical (unpaired) electrons. The molecular weight excluding hydrogens is 332 g/mol. The first-order chi connectivity index (χ1) is 11.3. The van der Waals surface area contributed by atoms with Gasteiger partial charge in [0.2, 0.25) is 15.9 Å². The van der Waals surface area contributed by atoms with Crippen molar-refractivity contribution >= 4 is 38.3 Å². The molecule has 1 amide bonds. The van der Waals surface area contributed by atoms with Crippen molar-refractivity contribution in [3.63, 3.8) is 0 Å². The van der Waals surface area contributed by atoms with Crippen LogP contribution in [0.3, 0.4) is 0 Å². The van der Waals surface area contributed by atoms with Crippen molar-refractivity contribution < 1.29 is 13.2 Å².